The summed E-state index contributed by atoms with van der Waals surface area (Å²) < 4.78 is 126. The number of likely N-dealkylation sites (tertiary alicyclic amines) is 1. The summed E-state index contributed by atoms with van der Waals surface area (Å²) in [6.45, 7) is -2.00. The first-order valence-corrected chi connectivity index (χ1v) is 10.0. The van der Waals surface area contributed by atoms with Crippen molar-refractivity contribution < 1.29 is 32.0 Å². The molecule has 0 spiro atoms. The van der Waals surface area contributed by atoms with Crippen LogP contribution < -0.4 is 9.47 Å². The van der Waals surface area contributed by atoms with Gasteiger partial charge in [-0.25, -0.2) is 0 Å². The normalized spacial score (nSPS) is 25.8. The van der Waals surface area contributed by atoms with Crippen LogP contribution in [0.25, 0.3) is 0 Å². The highest BCUT2D eigenvalue weighted by Gasteiger charge is 2.25. The van der Waals surface area contributed by atoms with Crippen molar-refractivity contribution in [3.05, 3.63) is 95.3 Å². The number of hydrogen-bond acceptors (Lipinski definition) is 4. The Morgan fingerprint density at radius 1 is 1.00 bits per heavy atom. The predicted octanol–water partition coefficient (Wildman–Crippen LogP) is 5.23. The van der Waals surface area contributed by atoms with E-state index in [0.717, 1.165) is 0 Å². The fraction of sp³-hybridized carbons (Fsp3) is 0.333. The highest BCUT2D eigenvalue weighted by atomic mass is 16.7. The fourth-order valence-corrected chi connectivity index (χ4v) is 3.59. The van der Waals surface area contributed by atoms with Gasteiger partial charge in [-0.3, -0.25) is 0 Å². The Hall–Kier alpha value is -2.82. The van der Waals surface area contributed by atoms with Crippen LogP contribution in [-0.4, -0.2) is 37.4 Å². The SMILES string of the molecule is [2H]c1c([2H])c([2H])c(C(O[C@@H]2CCCN(C([2H])([2H])C([2H])c3ccc4c(c3)OCO4)C2)c2c([2H])c([2H])c([2H])c([2H])c2[2H])c([2H])c1[2H]. The van der Waals surface area contributed by atoms with Crippen molar-refractivity contribution >= 4 is 0 Å². The van der Waals surface area contributed by atoms with Gasteiger partial charge in [-0.05, 0) is 54.6 Å². The maximum atomic E-state index is 8.87. The molecule has 0 saturated carbocycles. The van der Waals surface area contributed by atoms with Crippen LogP contribution in [0.3, 0.4) is 0 Å². The van der Waals surface area contributed by atoms with E-state index in [0.29, 0.717) is 29.9 Å². The predicted molar refractivity (Wildman–Crippen MR) is 122 cm³/mol. The van der Waals surface area contributed by atoms with E-state index in [9.17, 15) is 0 Å². The van der Waals surface area contributed by atoms with Crippen molar-refractivity contribution in [3.63, 3.8) is 0 Å². The van der Waals surface area contributed by atoms with Gasteiger partial charge >= 0.3 is 0 Å². The molecule has 3 aromatic carbocycles. The van der Waals surface area contributed by atoms with Gasteiger partial charge in [0, 0.05) is 17.2 Å². The lowest BCUT2D eigenvalue weighted by Crippen LogP contribution is -2.41. The van der Waals surface area contributed by atoms with E-state index in [4.69, 9.17) is 32.0 Å². The molecule has 0 aromatic heterocycles. The molecule has 0 bridgehead atoms. The lowest BCUT2D eigenvalue weighted by atomic mass is 10.00. The van der Waals surface area contributed by atoms with Gasteiger partial charge in [0.15, 0.2) is 11.5 Å². The number of benzene rings is 3. The smallest absolute Gasteiger partial charge is 0.231 e. The maximum absolute atomic E-state index is 8.87. The number of nitrogens with zero attached hydrogens (tertiary/aromatic N) is 1. The van der Waals surface area contributed by atoms with Crippen LogP contribution >= 0.6 is 0 Å². The minimum absolute atomic E-state index is 0.0304. The van der Waals surface area contributed by atoms with Gasteiger partial charge in [-0.1, -0.05) is 66.5 Å². The average Bonchev–Trinajstić information content (AvgIpc) is 3.49. The summed E-state index contributed by atoms with van der Waals surface area (Å²) in [6, 6.07) is -1.86. The van der Waals surface area contributed by atoms with Gasteiger partial charge in [-0.2, -0.15) is 0 Å². The number of aryl methyl sites for hydroxylation is 1. The number of rotatable bonds is 7. The molecule has 160 valence electrons. The van der Waals surface area contributed by atoms with Gasteiger partial charge in [0.2, 0.25) is 6.79 Å². The second kappa shape index (κ2) is 9.54. The quantitative estimate of drug-likeness (QED) is 0.516. The van der Waals surface area contributed by atoms with Crippen molar-refractivity contribution in [2.24, 2.45) is 0 Å². The zero-order valence-electron chi connectivity index (χ0n) is 29.7. The number of hydrogen-bond donors (Lipinski definition) is 0. The van der Waals surface area contributed by atoms with Crippen LogP contribution in [0.1, 0.15) is 53.5 Å². The molecule has 1 saturated heterocycles. The zero-order chi connectivity index (χ0) is 32.2. The molecule has 4 heteroatoms. The van der Waals surface area contributed by atoms with Crippen LogP contribution in [0.15, 0.2) is 78.6 Å². The minimum Gasteiger partial charge on any atom is -0.454 e. The summed E-state index contributed by atoms with van der Waals surface area (Å²) in [7, 11) is 0. The number of piperidine rings is 1. The van der Waals surface area contributed by atoms with Crippen molar-refractivity contribution in [1.82, 2.24) is 4.90 Å². The fourth-order valence-electron chi connectivity index (χ4n) is 3.59. The Bertz CT molecular complexity index is 1490. The van der Waals surface area contributed by atoms with Gasteiger partial charge in [0.1, 0.15) is 6.10 Å². The van der Waals surface area contributed by atoms with Crippen molar-refractivity contribution in [3.8, 4) is 11.5 Å². The topological polar surface area (TPSA) is 30.9 Å². The number of fused-ring (bicyclic) bond motifs is 1. The molecule has 2 aliphatic heterocycles. The summed E-state index contributed by atoms with van der Waals surface area (Å²) in [5.74, 6) is 0.912. The van der Waals surface area contributed by atoms with Gasteiger partial charge in [-0.15, -0.1) is 0 Å². The molecule has 2 atom stereocenters. The Morgan fingerprint density at radius 2 is 1.71 bits per heavy atom. The lowest BCUT2D eigenvalue weighted by molar-refractivity contribution is -0.0330. The molecule has 0 N–H and O–H groups in total. The standard InChI is InChI=1S/C27H29NO3/c1-3-8-22(9-4-1)27(23-10-5-2-6-11-23)31-24-12-7-16-28(19-24)17-15-21-13-14-25-26(18-21)30-20-29-25/h1-6,8-11,13-14,18,24,27H,7,12,15-17,19-20H2/t24-/m1/s1/i1D,2D,3D,4D,5D,6D,8D,9D,10D,11D,15D,17D2/t15?,24-. The second-order valence-corrected chi connectivity index (χ2v) is 7.19. The van der Waals surface area contributed by atoms with Crippen LogP contribution in [0, 0.1) is 0 Å². The zero-order valence-corrected chi connectivity index (χ0v) is 16.7. The first kappa shape index (κ1) is 10.2. The Balaban J connectivity index is 1.53. The third-order valence-electron chi connectivity index (χ3n) is 5.08. The summed E-state index contributed by atoms with van der Waals surface area (Å²) in [4.78, 5) is 1.42. The number of ether oxygens (including phenoxy) is 3. The monoisotopic (exact) mass is 428 g/mol. The molecule has 0 aliphatic carbocycles. The highest BCUT2D eigenvalue weighted by molar-refractivity contribution is 5.44. The molecule has 2 aliphatic rings. The van der Waals surface area contributed by atoms with Gasteiger partial charge < -0.3 is 19.1 Å². The average molecular weight is 429 g/mol. The first-order chi connectivity index (χ1) is 20.7. The molecule has 3 aromatic rings. The Kier molecular flexibility index (Phi) is 3.14. The molecule has 2 heterocycles. The molecule has 0 radical (unpaired) electrons. The van der Waals surface area contributed by atoms with E-state index in [2.05, 4.69) is 0 Å². The van der Waals surface area contributed by atoms with E-state index in [1.807, 2.05) is 0 Å². The first-order valence-electron chi connectivity index (χ1n) is 16.6. The van der Waals surface area contributed by atoms with E-state index in [1.165, 1.54) is 4.90 Å². The molecule has 4 nitrogen and oxygen atoms in total. The van der Waals surface area contributed by atoms with Gasteiger partial charge in [0.25, 0.3) is 0 Å². The van der Waals surface area contributed by atoms with E-state index in [1.54, 1.807) is 18.2 Å². The third-order valence-corrected chi connectivity index (χ3v) is 5.08. The molecular weight excluding hydrogens is 386 g/mol. The minimum atomic E-state index is -2.21. The Morgan fingerprint density at radius 3 is 2.45 bits per heavy atom. The summed E-state index contributed by atoms with van der Waals surface area (Å²) in [6.07, 6.45) is -3.15. The lowest BCUT2D eigenvalue weighted by Gasteiger charge is -2.35. The molecule has 5 rings (SSSR count). The highest BCUT2D eigenvalue weighted by Crippen LogP contribution is 2.33. The van der Waals surface area contributed by atoms with Crippen molar-refractivity contribution in [2.75, 3.05) is 26.4 Å². The van der Waals surface area contributed by atoms with Crippen molar-refractivity contribution in [1.29, 1.82) is 0 Å². The Labute approximate surface area is 202 Å². The summed E-state index contributed by atoms with van der Waals surface area (Å²) in [5, 5.41) is 0. The van der Waals surface area contributed by atoms with Gasteiger partial charge in [0.05, 0.1) is 19.8 Å². The van der Waals surface area contributed by atoms with E-state index < -0.39 is 96.7 Å². The molecule has 31 heavy (non-hydrogen) atoms. The van der Waals surface area contributed by atoms with Crippen LogP contribution in [-0.2, 0) is 11.1 Å². The largest absolute Gasteiger partial charge is 0.454 e. The van der Waals surface area contributed by atoms with Crippen LogP contribution in [0.2, 0.25) is 0 Å². The van der Waals surface area contributed by atoms with Crippen LogP contribution in [0.5, 0.6) is 11.5 Å². The second-order valence-electron chi connectivity index (χ2n) is 7.19. The molecule has 0 amide bonds. The molecule has 1 unspecified atom stereocenters. The maximum Gasteiger partial charge on any atom is 0.231 e. The summed E-state index contributed by atoms with van der Waals surface area (Å²) in [5.41, 5.74) is -0.430. The molecular formula is C27H29NO3. The summed E-state index contributed by atoms with van der Waals surface area (Å²) >= 11 is 0. The van der Waals surface area contributed by atoms with Crippen molar-refractivity contribution in [2.45, 2.75) is 31.4 Å². The van der Waals surface area contributed by atoms with Crippen LogP contribution in [0.4, 0.5) is 0 Å². The third kappa shape index (κ3) is 4.92. The molecule has 1 fully saturated rings. The van der Waals surface area contributed by atoms with E-state index in [-0.39, 0.29) is 19.9 Å². The van der Waals surface area contributed by atoms with E-state index >= 15 is 0 Å².